The lowest BCUT2D eigenvalue weighted by atomic mass is 9.93. The summed E-state index contributed by atoms with van der Waals surface area (Å²) in [5.41, 5.74) is 9.34. The van der Waals surface area contributed by atoms with Gasteiger partial charge in [-0.2, -0.15) is 5.10 Å². The van der Waals surface area contributed by atoms with Crippen LogP contribution in [0.4, 0.5) is 5.95 Å². The zero-order valence-electron chi connectivity index (χ0n) is 15.8. The maximum Gasteiger partial charge on any atom is 0.300 e. The number of amides is 1. The van der Waals surface area contributed by atoms with Crippen molar-refractivity contribution in [2.24, 2.45) is 0 Å². The van der Waals surface area contributed by atoms with Crippen LogP contribution in [0.5, 0.6) is 0 Å². The van der Waals surface area contributed by atoms with Crippen molar-refractivity contribution < 1.29 is 14.7 Å². The number of aliphatic carboxylic acids is 1. The molecule has 0 spiro atoms. The maximum atomic E-state index is 12.8. The number of piperidine rings is 1. The third-order valence-electron chi connectivity index (χ3n) is 4.91. The topological polar surface area (TPSA) is 150 Å². The van der Waals surface area contributed by atoms with Gasteiger partial charge >= 0.3 is 0 Å². The number of fused-ring (bicyclic) bond motifs is 1. The third-order valence-corrected chi connectivity index (χ3v) is 4.91. The first-order chi connectivity index (χ1) is 13.5. The Balaban J connectivity index is 0.000000516. The molecule has 2 aromatic heterocycles. The van der Waals surface area contributed by atoms with Crippen molar-refractivity contribution in [3.63, 3.8) is 0 Å². The number of H-pyrrole nitrogens is 1. The van der Waals surface area contributed by atoms with Crippen molar-refractivity contribution in [3.8, 4) is 0 Å². The summed E-state index contributed by atoms with van der Waals surface area (Å²) in [5, 5.41) is 18.0. The Morgan fingerprint density at radius 1 is 1.32 bits per heavy atom. The Morgan fingerprint density at radius 2 is 2.04 bits per heavy atom. The van der Waals surface area contributed by atoms with Crippen LogP contribution in [-0.2, 0) is 17.8 Å². The van der Waals surface area contributed by atoms with E-state index in [-0.39, 0.29) is 5.91 Å². The van der Waals surface area contributed by atoms with Crippen molar-refractivity contribution in [2.75, 3.05) is 25.4 Å². The van der Waals surface area contributed by atoms with E-state index in [0.717, 1.165) is 56.2 Å². The van der Waals surface area contributed by atoms with Gasteiger partial charge in [-0.3, -0.25) is 14.7 Å². The molecule has 1 saturated heterocycles. The number of carbonyl (C=O) groups is 2. The van der Waals surface area contributed by atoms with Gasteiger partial charge in [0.15, 0.2) is 5.69 Å². The van der Waals surface area contributed by atoms with E-state index in [1.807, 2.05) is 11.0 Å². The number of nitrogens with two attached hydrogens (primary N) is 1. The Kier molecular flexibility index (Phi) is 6.19. The molecular weight excluding hydrogens is 362 g/mol. The highest BCUT2D eigenvalue weighted by Gasteiger charge is 2.29. The second-order valence-electron chi connectivity index (χ2n) is 6.88. The monoisotopic (exact) mass is 387 g/mol. The molecule has 0 atom stereocenters. The average Bonchev–Trinajstić information content (AvgIpc) is 3.11. The van der Waals surface area contributed by atoms with Gasteiger partial charge in [-0.25, -0.2) is 9.97 Å². The zero-order valence-corrected chi connectivity index (χ0v) is 15.8. The summed E-state index contributed by atoms with van der Waals surface area (Å²) in [7, 11) is 0. The number of hydrogen-bond acceptors (Lipinski definition) is 7. The van der Waals surface area contributed by atoms with E-state index in [1.165, 1.54) is 0 Å². The predicted molar refractivity (Wildman–Crippen MR) is 102 cm³/mol. The molecule has 10 nitrogen and oxygen atoms in total. The highest BCUT2D eigenvalue weighted by atomic mass is 16.4. The first-order valence-electron chi connectivity index (χ1n) is 9.29. The molecule has 2 aliphatic heterocycles. The fourth-order valence-electron chi connectivity index (χ4n) is 3.56. The fraction of sp³-hybridized carbons (Fsp3) is 0.500. The lowest BCUT2D eigenvalue weighted by molar-refractivity contribution is -0.134. The molecule has 28 heavy (non-hydrogen) atoms. The van der Waals surface area contributed by atoms with Crippen LogP contribution in [0.1, 0.15) is 53.1 Å². The van der Waals surface area contributed by atoms with Crippen LogP contribution in [0.15, 0.2) is 12.3 Å². The van der Waals surface area contributed by atoms with Gasteiger partial charge in [0.2, 0.25) is 5.95 Å². The van der Waals surface area contributed by atoms with Gasteiger partial charge in [-0.05, 0) is 31.9 Å². The SMILES string of the molecule is CC(=O)O.Nc1nccc(C2CCN(C(=O)c3n[nH]c4c3CCNC4)CC2)n1. The number of aromatic amines is 1. The lowest BCUT2D eigenvalue weighted by Crippen LogP contribution is -2.39. The third kappa shape index (κ3) is 4.63. The smallest absolute Gasteiger partial charge is 0.300 e. The molecule has 5 N–H and O–H groups in total. The number of nitrogens with one attached hydrogen (secondary N) is 2. The minimum absolute atomic E-state index is 0.0371. The molecule has 0 saturated carbocycles. The summed E-state index contributed by atoms with van der Waals surface area (Å²) in [6.45, 7) is 4.16. The van der Waals surface area contributed by atoms with Crippen LogP contribution in [0, 0.1) is 0 Å². The molecule has 0 aromatic carbocycles. The van der Waals surface area contributed by atoms with Gasteiger partial charge in [0.05, 0.1) is 5.69 Å². The normalized spacial score (nSPS) is 16.7. The first-order valence-corrected chi connectivity index (χ1v) is 9.29. The number of hydrogen-bond donors (Lipinski definition) is 4. The Labute approximate surface area is 162 Å². The molecule has 1 fully saturated rings. The highest BCUT2D eigenvalue weighted by Crippen LogP contribution is 2.28. The number of likely N-dealkylation sites (tertiary alicyclic amines) is 1. The Hall–Kier alpha value is -3.01. The first kappa shape index (κ1) is 19.7. The van der Waals surface area contributed by atoms with Crippen molar-refractivity contribution in [3.05, 3.63) is 34.9 Å². The van der Waals surface area contributed by atoms with E-state index in [9.17, 15) is 4.79 Å². The number of aromatic nitrogens is 4. The number of nitrogen functional groups attached to an aromatic ring is 1. The van der Waals surface area contributed by atoms with Gasteiger partial charge in [0.25, 0.3) is 11.9 Å². The molecule has 2 aliphatic rings. The molecular formula is C18H25N7O3. The van der Waals surface area contributed by atoms with Gasteiger partial charge in [-0.1, -0.05) is 0 Å². The van der Waals surface area contributed by atoms with Crippen LogP contribution < -0.4 is 11.1 Å². The molecule has 1 amide bonds. The van der Waals surface area contributed by atoms with Gasteiger partial charge in [-0.15, -0.1) is 0 Å². The van der Waals surface area contributed by atoms with Crippen LogP contribution in [-0.4, -0.2) is 61.7 Å². The standard InChI is InChI=1S/C16H21N7O.C2H4O2/c17-16-19-6-2-12(20-16)10-3-7-23(8-4-10)15(24)14-11-1-5-18-9-13(11)21-22-14;1-2(3)4/h2,6,10,18H,1,3-5,7-9H2,(H,21,22)(H2,17,19,20);1H3,(H,3,4). The quantitative estimate of drug-likeness (QED) is 0.583. The average molecular weight is 387 g/mol. The van der Waals surface area contributed by atoms with E-state index in [2.05, 4.69) is 25.5 Å². The summed E-state index contributed by atoms with van der Waals surface area (Å²) in [4.78, 5) is 32.0. The molecule has 4 heterocycles. The van der Waals surface area contributed by atoms with Crippen LogP contribution in [0.2, 0.25) is 0 Å². The molecule has 0 unspecified atom stereocenters. The van der Waals surface area contributed by atoms with E-state index < -0.39 is 5.97 Å². The Bertz CT molecular complexity index is 839. The second kappa shape index (κ2) is 8.79. The number of carboxylic acids is 1. The van der Waals surface area contributed by atoms with Crippen LogP contribution >= 0.6 is 0 Å². The molecule has 10 heteroatoms. The van der Waals surface area contributed by atoms with Gasteiger partial charge < -0.3 is 21.1 Å². The number of rotatable bonds is 2. The van der Waals surface area contributed by atoms with Gasteiger partial charge in [0.1, 0.15) is 0 Å². The molecule has 0 aliphatic carbocycles. The van der Waals surface area contributed by atoms with E-state index in [0.29, 0.717) is 30.6 Å². The van der Waals surface area contributed by atoms with E-state index in [4.69, 9.17) is 15.6 Å². The number of carbonyl (C=O) groups excluding carboxylic acids is 1. The van der Waals surface area contributed by atoms with Crippen molar-refractivity contribution in [1.29, 1.82) is 0 Å². The minimum Gasteiger partial charge on any atom is -0.481 e. The summed E-state index contributed by atoms with van der Waals surface area (Å²) in [5.74, 6) is -0.158. The number of carboxylic acid groups (broad SMARTS) is 1. The molecule has 0 radical (unpaired) electrons. The fourth-order valence-corrected chi connectivity index (χ4v) is 3.56. The summed E-state index contributed by atoms with van der Waals surface area (Å²) < 4.78 is 0. The van der Waals surface area contributed by atoms with E-state index >= 15 is 0 Å². The summed E-state index contributed by atoms with van der Waals surface area (Å²) >= 11 is 0. The minimum atomic E-state index is -0.833. The van der Waals surface area contributed by atoms with Crippen LogP contribution in [0.25, 0.3) is 0 Å². The number of anilines is 1. The highest BCUT2D eigenvalue weighted by molar-refractivity contribution is 5.94. The van der Waals surface area contributed by atoms with Crippen LogP contribution in [0.3, 0.4) is 0 Å². The van der Waals surface area contributed by atoms with Gasteiger partial charge in [0, 0.05) is 49.9 Å². The predicted octanol–water partition coefficient (Wildman–Crippen LogP) is 0.538. The second-order valence-corrected chi connectivity index (χ2v) is 6.88. The largest absolute Gasteiger partial charge is 0.481 e. The molecule has 4 rings (SSSR count). The van der Waals surface area contributed by atoms with Crippen molar-refractivity contribution in [2.45, 2.75) is 38.6 Å². The van der Waals surface area contributed by atoms with Crippen molar-refractivity contribution in [1.82, 2.24) is 30.4 Å². The molecule has 2 aromatic rings. The molecule has 0 bridgehead atoms. The Morgan fingerprint density at radius 3 is 2.71 bits per heavy atom. The zero-order chi connectivity index (χ0) is 20.1. The summed E-state index contributed by atoms with van der Waals surface area (Å²) in [6, 6.07) is 1.91. The van der Waals surface area contributed by atoms with E-state index in [1.54, 1.807) is 6.20 Å². The summed E-state index contributed by atoms with van der Waals surface area (Å²) in [6.07, 6.45) is 4.32. The molecule has 150 valence electrons. The lowest BCUT2D eigenvalue weighted by Gasteiger charge is -2.31. The maximum absolute atomic E-state index is 12.8. The van der Waals surface area contributed by atoms with Crippen molar-refractivity contribution >= 4 is 17.8 Å². The number of nitrogens with zero attached hydrogens (tertiary/aromatic N) is 4.